The summed E-state index contributed by atoms with van der Waals surface area (Å²) in [6.07, 6.45) is 4.61. The van der Waals surface area contributed by atoms with Crippen molar-refractivity contribution < 1.29 is 24.1 Å². The summed E-state index contributed by atoms with van der Waals surface area (Å²) in [4.78, 5) is 13.6. The Labute approximate surface area is 182 Å². The van der Waals surface area contributed by atoms with Crippen molar-refractivity contribution in [3.8, 4) is 11.5 Å². The maximum atomic E-state index is 11.8. The molecule has 6 nitrogen and oxygen atoms in total. The number of aromatic hydroxyl groups is 1. The molecule has 1 heterocycles. The predicted octanol–water partition coefficient (Wildman–Crippen LogP) is 4.17. The molecule has 0 fully saturated rings. The third kappa shape index (κ3) is 3.84. The van der Waals surface area contributed by atoms with Crippen LogP contribution in [0.1, 0.15) is 31.2 Å². The first kappa shape index (κ1) is 21.6. The third-order valence-corrected chi connectivity index (χ3v) is 7.50. The normalized spacial score (nSPS) is 21.5. The second-order valence-electron chi connectivity index (χ2n) is 7.14. The van der Waals surface area contributed by atoms with E-state index in [4.69, 9.17) is 14.2 Å². The van der Waals surface area contributed by atoms with Crippen LogP contribution in [0.25, 0.3) is 0 Å². The minimum absolute atomic E-state index is 0.0600. The number of hydrogen-bond donors (Lipinski definition) is 1. The van der Waals surface area contributed by atoms with Gasteiger partial charge in [0.15, 0.2) is 17.3 Å². The van der Waals surface area contributed by atoms with E-state index in [1.165, 1.54) is 18.3 Å². The van der Waals surface area contributed by atoms with E-state index in [0.29, 0.717) is 29.6 Å². The van der Waals surface area contributed by atoms with Crippen molar-refractivity contribution in [3.05, 3.63) is 31.7 Å². The molecule has 1 unspecified atom stereocenters. The number of benzene rings is 1. The Morgan fingerprint density at radius 1 is 1.29 bits per heavy atom. The Balaban J connectivity index is 1.98. The van der Waals surface area contributed by atoms with Gasteiger partial charge in [0.1, 0.15) is 0 Å². The van der Waals surface area contributed by atoms with Crippen molar-refractivity contribution in [2.45, 2.75) is 43.9 Å². The van der Waals surface area contributed by atoms with Crippen molar-refractivity contribution in [2.24, 2.45) is 0 Å². The summed E-state index contributed by atoms with van der Waals surface area (Å²) >= 11 is 7.08. The Hall–Kier alpha value is -1.09. The van der Waals surface area contributed by atoms with Gasteiger partial charge in [0.05, 0.1) is 17.6 Å². The highest BCUT2D eigenvalue weighted by molar-refractivity contribution is 9.11. The topological polar surface area (TPSA) is 68.2 Å². The van der Waals surface area contributed by atoms with E-state index in [-0.39, 0.29) is 11.8 Å². The van der Waals surface area contributed by atoms with Crippen molar-refractivity contribution in [1.29, 1.82) is 0 Å². The molecule has 1 atom stereocenters. The molecule has 8 heteroatoms. The summed E-state index contributed by atoms with van der Waals surface area (Å²) < 4.78 is 17.9. The quantitative estimate of drug-likeness (QED) is 0.348. The van der Waals surface area contributed by atoms with Gasteiger partial charge in [-0.15, -0.1) is 0 Å². The fourth-order valence-electron chi connectivity index (χ4n) is 4.26. The monoisotopic (exact) mass is 517 g/mol. The number of amides is 1. The summed E-state index contributed by atoms with van der Waals surface area (Å²) in [6, 6.07) is 1.69. The maximum absolute atomic E-state index is 11.8. The Bertz CT molecular complexity index is 791. The Morgan fingerprint density at radius 3 is 2.61 bits per heavy atom. The number of halogens is 2. The first-order valence-electron chi connectivity index (χ1n) is 9.15. The number of ether oxygens (including phenoxy) is 3. The number of carbonyl (C=O) groups excluding carboxylic acids is 1. The predicted molar refractivity (Wildman–Crippen MR) is 113 cm³/mol. The molecular formula is C20H25Br2NO5. The molecule has 28 heavy (non-hydrogen) atoms. The largest absolute Gasteiger partial charge is 0.503 e. The van der Waals surface area contributed by atoms with Crippen LogP contribution in [0, 0.1) is 0 Å². The van der Waals surface area contributed by atoms with Gasteiger partial charge in [-0.05, 0) is 52.4 Å². The van der Waals surface area contributed by atoms with Crippen molar-refractivity contribution in [2.75, 3.05) is 27.9 Å². The first-order valence-corrected chi connectivity index (χ1v) is 10.7. The second-order valence-corrected chi connectivity index (χ2v) is 8.79. The van der Waals surface area contributed by atoms with Crippen LogP contribution in [0.2, 0.25) is 0 Å². The van der Waals surface area contributed by atoms with Crippen molar-refractivity contribution >= 4 is 38.3 Å². The molecule has 0 saturated heterocycles. The number of methoxy groups -OCH3 is 3. The lowest BCUT2D eigenvalue weighted by molar-refractivity contribution is -0.213. The third-order valence-electron chi connectivity index (χ3n) is 5.94. The van der Waals surface area contributed by atoms with Gasteiger partial charge in [0, 0.05) is 38.1 Å². The molecule has 1 aliphatic carbocycles. The summed E-state index contributed by atoms with van der Waals surface area (Å²) in [5.74, 6) is -0.127. The average Bonchev–Trinajstić information content (AvgIpc) is 2.73. The smallest absolute Gasteiger partial charge is 0.210 e. The fourth-order valence-corrected chi connectivity index (χ4v) is 5.67. The highest BCUT2D eigenvalue weighted by Crippen LogP contribution is 2.45. The van der Waals surface area contributed by atoms with Gasteiger partial charge in [-0.1, -0.05) is 21.5 Å². The van der Waals surface area contributed by atoms with E-state index in [1.807, 2.05) is 4.90 Å². The minimum atomic E-state index is -0.577. The van der Waals surface area contributed by atoms with Crippen LogP contribution in [0.15, 0.2) is 26.2 Å². The van der Waals surface area contributed by atoms with E-state index < -0.39 is 5.79 Å². The summed E-state index contributed by atoms with van der Waals surface area (Å²) in [5, 5.41) is 10.4. The number of nitrogens with zero attached hydrogens (tertiary/aromatic N) is 1. The van der Waals surface area contributed by atoms with E-state index in [1.54, 1.807) is 20.3 Å². The van der Waals surface area contributed by atoms with Gasteiger partial charge < -0.3 is 24.2 Å². The molecule has 1 aromatic rings. The van der Waals surface area contributed by atoms with Crippen molar-refractivity contribution in [3.63, 3.8) is 0 Å². The van der Waals surface area contributed by atoms with Crippen LogP contribution in [0.4, 0.5) is 0 Å². The van der Waals surface area contributed by atoms with Crippen LogP contribution in [0.3, 0.4) is 0 Å². The molecule has 1 N–H and O–H groups in total. The molecule has 0 radical (unpaired) electrons. The van der Waals surface area contributed by atoms with E-state index in [9.17, 15) is 9.90 Å². The molecule has 0 aromatic heterocycles. The first-order chi connectivity index (χ1) is 13.4. The average molecular weight is 519 g/mol. The van der Waals surface area contributed by atoms with Crippen molar-refractivity contribution in [1.82, 2.24) is 4.90 Å². The van der Waals surface area contributed by atoms with Gasteiger partial charge in [0.25, 0.3) is 0 Å². The van der Waals surface area contributed by atoms with E-state index in [0.717, 1.165) is 35.7 Å². The molecular weight excluding hydrogens is 494 g/mol. The highest BCUT2D eigenvalue weighted by Gasteiger charge is 2.40. The zero-order valence-corrected chi connectivity index (χ0v) is 19.4. The summed E-state index contributed by atoms with van der Waals surface area (Å²) in [5.41, 5.74) is 3.49. The Morgan fingerprint density at radius 2 is 2.00 bits per heavy atom. The molecule has 0 bridgehead atoms. The molecule has 1 aliphatic heterocycles. The number of carbonyl (C=O) groups is 1. The van der Waals surface area contributed by atoms with Gasteiger partial charge in [-0.3, -0.25) is 4.79 Å². The number of hydrogen-bond acceptors (Lipinski definition) is 5. The van der Waals surface area contributed by atoms with E-state index >= 15 is 0 Å². The van der Waals surface area contributed by atoms with Gasteiger partial charge in [0.2, 0.25) is 6.41 Å². The van der Waals surface area contributed by atoms with Crippen LogP contribution in [0.5, 0.6) is 11.5 Å². The molecule has 0 spiro atoms. The molecule has 1 aromatic carbocycles. The number of phenols is 1. The lowest BCUT2D eigenvalue weighted by Crippen LogP contribution is -2.46. The zero-order chi connectivity index (χ0) is 20.5. The maximum Gasteiger partial charge on any atom is 0.210 e. The molecule has 0 saturated carbocycles. The second kappa shape index (κ2) is 8.73. The molecule has 154 valence electrons. The molecule has 2 aliphatic rings. The lowest BCUT2D eigenvalue weighted by atomic mass is 9.78. The van der Waals surface area contributed by atoms with Gasteiger partial charge >= 0.3 is 0 Å². The highest BCUT2D eigenvalue weighted by atomic mass is 79.9. The zero-order valence-electron chi connectivity index (χ0n) is 16.3. The van der Waals surface area contributed by atoms with E-state index in [2.05, 4.69) is 31.9 Å². The standard InChI is InChI=1S/C20H25Br2NO5/c1-26-17-9-15(21)14(18(22)19(17)25)8-16-13-4-6-20(27-2,28-3)10-12(13)5-7-23(16)11-24/h9,11,16,25H,4-8,10H2,1-3H3. The number of phenolic OH excluding ortho intramolecular Hbond substituents is 1. The summed E-state index contributed by atoms with van der Waals surface area (Å²) in [7, 11) is 4.88. The fraction of sp³-hybridized carbons (Fsp3) is 0.550. The molecule has 3 rings (SSSR count). The minimum Gasteiger partial charge on any atom is -0.503 e. The molecule has 1 amide bonds. The van der Waals surface area contributed by atoms with Crippen LogP contribution in [-0.2, 0) is 20.7 Å². The van der Waals surface area contributed by atoms with Crippen LogP contribution < -0.4 is 4.74 Å². The lowest BCUT2D eigenvalue weighted by Gasteiger charge is -2.44. The van der Waals surface area contributed by atoms with Crippen LogP contribution >= 0.6 is 31.9 Å². The SMILES string of the molecule is COc1cc(Br)c(CC2C3=C(CCN2C=O)CC(OC)(OC)CC3)c(Br)c1O. The van der Waals surface area contributed by atoms with Gasteiger partial charge in [-0.25, -0.2) is 0 Å². The van der Waals surface area contributed by atoms with Crippen LogP contribution in [-0.4, -0.2) is 56.1 Å². The van der Waals surface area contributed by atoms with Gasteiger partial charge in [-0.2, -0.15) is 0 Å². The Kier molecular flexibility index (Phi) is 6.74. The number of rotatable bonds is 6. The summed E-state index contributed by atoms with van der Waals surface area (Å²) in [6.45, 7) is 0.661.